The first-order valence-corrected chi connectivity index (χ1v) is 23.4. The Balaban J connectivity index is 1.26. The molecule has 11 heteroatoms. The highest BCUT2D eigenvalue weighted by Gasteiger charge is 2.67. The summed E-state index contributed by atoms with van der Waals surface area (Å²) < 4.78 is 12.9. The van der Waals surface area contributed by atoms with Gasteiger partial charge in [-0.15, -0.1) is 0 Å². The molecule has 1 spiro atoms. The minimum absolute atomic E-state index is 0.0131. The molecule has 0 aromatic heterocycles. The molecule has 0 unspecified atom stereocenters. The zero-order valence-electron chi connectivity index (χ0n) is 34.0. The molecule has 1 fully saturated rings. The summed E-state index contributed by atoms with van der Waals surface area (Å²) in [6, 6.07) is 42.9. The first kappa shape index (κ1) is 39.9. The number of fused-ring (bicyclic) bond motifs is 2. The number of hydrazone groups is 1. The molecule has 302 valence electrons. The second-order valence-corrected chi connectivity index (χ2v) is 20.9. The Bertz CT molecular complexity index is 2360. The first-order chi connectivity index (χ1) is 28.6. The lowest BCUT2D eigenvalue weighted by molar-refractivity contribution is -0.149. The van der Waals surface area contributed by atoms with Gasteiger partial charge in [0.05, 0.1) is 51.4 Å². The van der Waals surface area contributed by atoms with Crippen LogP contribution in [0.4, 0.5) is 17.1 Å². The van der Waals surface area contributed by atoms with Crippen molar-refractivity contribution in [1.29, 1.82) is 0 Å². The summed E-state index contributed by atoms with van der Waals surface area (Å²) in [7, 11) is -0.966. The number of nitrogens with zero attached hydrogens (tertiary/aromatic N) is 4. The van der Waals surface area contributed by atoms with E-state index in [1.54, 1.807) is 16.9 Å². The average Bonchev–Trinajstić information content (AvgIpc) is 3.70. The van der Waals surface area contributed by atoms with Gasteiger partial charge in [0.1, 0.15) is 5.75 Å². The van der Waals surface area contributed by atoms with Crippen molar-refractivity contribution in [2.24, 2.45) is 11.0 Å². The van der Waals surface area contributed by atoms with Gasteiger partial charge in [-0.1, -0.05) is 116 Å². The van der Waals surface area contributed by atoms with E-state index in [0.717, 1.165) is 27.8 Å². The molecule has 5 aromatic rings. The topological polar surface area (TPSA) is 112 Å². The highest BCUT2D eigenvalue weighted by molar-refractivity contribution is 6.91. The van der Waals surface area contributed by atoms with E-state index in [1.165, 1.54) is 5.01 Å². The van der Waals surface area contributed by atoms with Crippen LogP contribution < -0.4 is 19.8 Å². The van der Waals surface area contributed by atoms with E-state index in [0.29, 0.717) is 42.0 Å². The summed E-state index contributed by atoms with van der Waals surface area (Å²) >= 11 is 0. The molecular weight excluding hydrogens is 757 g/mol. The summed E-state index contributed by atoms with van der Waals surface area (Å²) in [5, 5.41) is 17.6. The summed E-state index contributed by atoms with van der Waals surface area (Å²) in [6.07, 6.45) is 0.168. The lowest BCUT2D eigenvalue weighted by Crippen LogP contribution is -2.52. The largest absolute Gasteiger partial charge is 0.497 e. The van der Waals surface area contributed by atoms with Crippen LogP contribution in [0, 0.1) is 5.92 Å². The van der Waals surface area contributed by atoms with Crippen LogP contribution in [-0.4, -0.2) is 67.9 Å². The van der Waals surface area contributed by atoms with Crippen LogP contribution in [0.1, 0.15) is 42.9 Å². The van der Waals surface area contributed by atoms with Gasteiger partial charge in [0.2, 0.25) is 11.8 Å². The maximum absolute atomic E-state index is 15.6. The molecule has 5 aromatic carbocycles. The Morgan fingerprint density at radius 2 is 1.54 bits per heavy atom. The number of anilines is 3. The Hall–Kier alpha value is -5.88. The second kappa shape index (κ2) is 16.4. The van der Waals surface area contributed by atoms with Crippen LogP contribution in [-0.2, 0) is 31.3 Å². The number of aliphatic hydroxyl groups excluding tert-OH is 1. The minimum atomic E-state index is -2.61. The van der Waals surface area contributed by atoms with Gasteiger partial charge < -0.3 is 19.5 Å². The van der Waals surface area contributed by atoms with Crippen molar-refractivity contribution in [1.82, 2.24) is 4.90 Å². The number of para-hydroxylation sites is 1. The fraction of sp³-hybridized carbons (Fsp3) is 0.292. The number of benzene rings is 5. The summed E-state index contributed by atoms with van der Waals surface area (Å²) in [5.41, 5.74) is 3.52. The zero-order valence-corrected chi connectivity index (χ0v) is 35.0. The molecule has 3 aliphatic heterocycles. The number of hydrogen-bond acceptors (Lipinski definition) is 7. The van der Waals surface area contributed by atoms with Crippen molar-refractivity contribution in [3.8, 4) is 5.75 Å². The van der Waals surface area contributed by atoms with E-state index in [1.807, 2.05) is 121 Å². The molecule has 0 bridgehead atoms. The standard InChI is InChI=1S/C48H50N4O6Si/c1-33-46(59(3,4)39-23-21-38(57-2)22-24-39)43(31-45(55)50(28-29-53)32-34-14-8-5-9-15-34)58-48(33)40-30-37(20-26-42(40)51(47(48)56)36-18-12-7-13-19-36)52-44(54)27-25-41(49-52)35-16-10-6-11-17-35/h5-24,26,30,33,43,46,53H,25,27-29,31-32H2,1-4H3/t33-,43+,46-,48+/m1/s1. The SMILES string of the molecule is COc1ccc([Si](C)(C)[C@H]2[C@H](CC(=O)N(CCO)Cc3ccccc3)O[C@@]3(C(=O)N(c4ccccc4)c4ccc(N5N=C(c6ccccc6)CCC5=O)cc43)[C@@H]2C)cc1. The molecular formula is C48H50N4O6Si. The van der Waals surface area contributed by atoms with Gasteiger partial charge in [0.25, 0.3) is 5.91 Å². The predicted molar refractivity (Wildman–Crippen MR) is 233 cm³/mol. The Morgan fingerprint density at radius 1 is 0.881 bits per heavy atom. The van der Waals surface area contributed by atoms with Gasteiger partial charge in [-0.25, -0.2) is 5.01 Å². The van der Waals surface area contributed by atoms with Crippen molar-refractivity contribution < 1.29 is 29.0 Å². The minimum Gasteiger partial charge on any atom is -0.497 e. The van der Waals surface area contributed by atoms with Crippen LogP contribution in [0.5, 0.6) is 5.75 Å². The molecule has 59 heavy (non-hydrogen) atoms. The number of ether oxygens (including phenoxy) is 2. The predicted octanol–water partition coefficient (Wildman–Crippen LogP) is 7.53. The normalized spacial score (nSPS) is 21.4. The fourth-order valence-electron chi connectivity index (χ4n) is 9.50. The molecule has 0 radical (unpaired) electrons. The van der Waals surface area contributed by atoms with Gasteiger partial charge in [-0.3, -0.25) is 19.3 Å². The van der Waals surface area contributed by atoms with E-state index in [2.05, 4.69) is 32.2 Å². The lowest BCUT2D eigenvalue weighted by atomic mass is 9.82. The van der Waals surface area contributed by atoms with E-state index in [-0.39, 0.29) is 42.8 Å². The molecule has 3 heterocycles. The monoisotopic (exact) mass is 806 g/mol. The second-order valence-electron chi connectivity index (χ2n) is 16.2. The molecule has 10 nitrogen and oxygen atoms in total. The fourth-order valence-corrected chi connectivity index (χ4v) is 13.5. The van der Waals surface area contributed by atoms with Crippen LogP contribution in [0.15, 0.2) is 139 Å². The van der Waals surface area contributed by atoms with Crippen molar-refractivity contribution in [3.63, 3.8) is 0 Å². The number of carbonyl (C=O) groups is 3. The first-order valence-electron chi connectivity index (χ1n) is 20.3. The van der Waals surface area contributed by atoms with Gasteiger partial charge in [-0.2, -0.15) is 5.10 Å². The quantitative estimate of drug-likeness (QED) is 0.131. The highest BCUT2D eigenvalue weighted by atomic mass is 28.3. The van der Waals surface area contributed by atoms with Crippen molar-refractivity contribution in [3.05, 3.63) is 150 Å². The molecule has 1 N–H and O–H groups in total. The van der Waals surface area contributed by atoms with Crippen molar-refractivity contribution in [2.45, 2.75) is 63.1 Å². The maximum atomic E-state index is 15.6. The summed E-state index contributed by atoms with van der Waals surface area (Å²) in [5.74, 6) is -0.199. The third-order valence-corrected chi connectivity index (χ3v) is 16.8. The maximum Gasteiger partial charge on any atom is 0.268 e. The van der Waals surface area contributed by atoms with Crippen molar-refractivity contribution >= 4 is 53.8 Å². The Kier molecular flexibility index (Phi) is 11.1. The molecule has 3 amide bonds. The third-order valence-electron chi connectivity index (χ3n) is 12.4. The summed E-state index contributed by atoms with van der Waals surface area (Å²) in [4.78, 5) is 47.1. The number of aliphatic hydroxyl groups is 1. The van der Waals surface area contributed by atoms with Gasteiger partial charge >= 0.3 is 0 Å². The van der Waals surface area contributed by atoms with Crippen LogP contribution in [0.2, 0.25) is 18.6 Å². The molecule has 3 aliphatic rings. The average molecular weight is 807 g/mol. The number of amides is 3. The van der Waals surface area contributed by atoms with Crippen molar-refractivity contribution in [2.75, 3.05) is 30.2 Å². The number of carbonyl (C=O) groups excluding carboxylic acids is 3. The van der Waals surface area contributed by atoms with Gasteiger partial charge in [0, 0.05) is 43.1 Å². The number of methoxy groups -OCH3 is 1. The van der Waals surface area contributed by atoms with E-state index < -0.39 is 25.7 Å². The summed E-state index contributed by atoms with van der Waals surface area (Å²) in [6.45, 7) is 6.95. The Morgan fingerprint density at radius 3 is 2.20 bits per heavy atom. The van der Waals surface area contributed by atoms with E-state index in [4.69, 9.17) is 14.6 Å². The number of rotatable bonds is 12. The lowest BCUT2D eigenvalue weighted by Gasteiger charge is -2.37. The third kappa shape index (κ3) is 7.28. The van der Waals surface area contributed by atoms with Crippen LogP contribution >= 0.6 is 0 Å². The van der Waals surface area contributed by atoms with E-state index in [9.17, 15) is 14.7 Å². The Labute approximate surface area is 346 Å². The van der Waals surface area contributed by atoms with Crippen LogP contribution in [0.25, 0.3) is 0 Å². The zero-order chi connectivity index (χ0) is 41.3. The molecule has 0 saturated carbocycles. The van der Waals surface area contributed by atoms with E-state index >= 15 is 4.79 Å². The number of hydrogen-bond donors (Lipinski definition) is 1. The van der Waals surface area contributed by atoms with Crippen LogP contribution in [0.3, 0.4) is 0 Å². The van der Waals surface area contributed by atoms with Gasteiger partial charge in [-0.05, 0) is 59.1 Å². The van der Waals surface area contributed by atoms with Gasteiger partial charge in [0.15, 0.2) is 5.60 Å². The smallest absolute Gasteiger partial charge is 0.268 e. The highest BCUT2D eigenvalue weighted by Crippen LogP contribution is 2.61. The molecule has 4 atom stereocenters. The molecule has 0 aliphatic carbocycles. The molecule has 8 rings (SSSR count). The molecule has 1 saturated heterocycles.